The van der Waals surface area contributed by atoms with Crippen LogP contribution in [0.3, 0.4) is 0 Å². The lowest BCUT2D eigenvalue weighted by atomic mass is 10.00. The largest absolute Gasteiger partial charge is 0.490 e. The molecule has 3 fully saturated rings. The lowest BCUT2D eigenvalue weighted by Crippen LogP contribution is -2.46. The van der Waals surface area contributed by atoms with Gasteiger partial charge in [0.15, 0.2) is 5.78 Å². The van der Waals surface area contributed by atoms with Crippen LogP contribution in [0.2, 0.25) is 0 Å². The summed E-state index contributed by atoms with van der Waals surface area (Å²) in [5.74, 6) is 1.57. The number of amides is 4. The molecule has 6 heterocycles. The van der Waals surface area contributed by atoms with Gasteiger partial charge in [-0.05, 0) is 82.3 Å². The number of hydrogen-bond acceptors (Lipinski definition) is 8. The molecule has 62 heavy (non-hydrogen) atoms. The maximum atomic E-state index is 13.1. The molecular weight excluding hydrogens is 781 g/mol. The second-order valence-electron chi connectivity index (χ2n) is 19.7. The normalized spacial score (nSPS) is 26.3. The van der Waals surface area contributed by atoms with Crippen molar-refractivity contribution in [1.82, 2.24) is 30.2 Å². The number of benzene rings is 2. The molecule has 12 nitrogen and oxygen atoms in total. The molecule has 3 saturated heterocycles. The highest BCUT2D eigenvalue weighted by Crippen LogP contribution is 2.36. The first-order valence-electron chi connectivity index (χ1n) is 22.7. The van der Waals surface area contributed by atoms with Gasteiger partial charge in [0, 0.05) is 55.8 Å². The molecule has 2 unspecified atom stereocenters. The number of nitrogens with one attached hydrogen (secondary N) is 2. The molecule has 0 aliphatic carbocycles. The van der Waals surface area contributed by atoms with Crippen LogP contribution >= 0.6 is 0 Å². The van der Waals surface area contributed by atoms with Crippen LogP contribution in [0.4, 0.5) is 0 Å². The average molecular weight is 847 g/mol. The van der Waals surface area contributed by atoms with E-state index in [0.717, 1.165) is 75.3 Å². The molecule has 4 amide bonds. The zero-order valence-corrected chi connectivity index (χ0v) is 37.6. The van der Waals surface area contributed by atoms with E-state index in [-0.39, 0.29) is 77.7 Å². The summed E-state index contributed by atoms with van der Waals surface area (Å²) in [6.45, 7) is 17.7. The van der Waals surface area contributed by atoms with Gasteiger partial charge in [0.2, 0.25) is 17.7 Å². The highest BCUT2D eigenvalue weighted by atomic mass is 16.5. The van der Waals surface area contributed by atoms with E-state index in [1.54, 1.807) is 18.2 Å². The maximum absolute atomic E-state index is 13.1. The molecule has 6 aliphatic heterocycles. The Morgan fingerprint density at radius 1 is 0.645 bits per heavy atom. The SMILES string of the molecule is CC(C)C[C@H]1C(=O)CC(=O)N1C1CCN(C2=CC(=O)N[C@H]2Cc2ccccc2)C1.CC(C)C[C@H]1C(OC(C)(C)C)=CC(=O)N1C1CCN(C2=CC(=O)N[C@H]2Cc2ccccc2)C1. The minimum Gasteiger partial charge on any atom is -0.490 e. The Morgan fingerprint density at radius 3 is 1.58 bits per heavy atom. The van der Waals surface area contributed by atoms with Crippen LogP contribution in [0.25, 0.3) is 0 Å². The number of Topliss-reactive ketones (excluding diaryl/α,β-unsaturated/α-hetero) is 1. The quantitative estimate of drug-likeness (QED) is 0.252. The first kappa shape index (κ1) is 44.7. The molecule has 6 atom stereocenters. The van der Waals surface area contributed by atoms with Crippen LogP contribution in [0, 0.1) is 11.8 Å². The molecule has 0 bridgehead atoms. The molecule has 0 radical (unpaired) electrons. The third-order valence-electron chi connectivity index (χ3n) is 12.6. The molecular formula is C50H66N6O6. The molecule has 2 N–H and O–H groups in total. The van der Waals surface area contributed by atoms with Crippen molar-refractivity contribution in [3.63, 3.8) is 0 Å². The smallest absolute Gasteiger partial charge is 0.250 e. The first-order chi connectivity index (χ1) is 29.5. The summed E-state index contributed by atoms with van der Waals surface area (Å²) in [5, 5.41) is 6.16. The Morgan fingerprint density at radius 2 is 1.11 bits per heavy atom. The van der Waals surface area contributed by atoms with Crippen LogP contribution in [0.15, 0.2) is 96.0 Å². The van der Waals surface area contributed by atoms with Crippen LogP contribution in [0.1, 0.15) is 91.7 Å². The second-order valence-corrected chi connectivity index (χ2v) is 19.7. The Labute approximate surface area is 367 Å². The summed E-state index contributed by atoms with van der Waals surface area (Å²) in [6, 6.07) is 20.1. The van der Waals surface area contributed by atoms with E-state index in [1.165, 1.54) is 11.1 Å². The van der Waals surface area contributed by atoms with E-state index >= 15 is 0 Å². The number of ketones is 1. The summed E-state index contributed by atoms with van der Waals surface area (Å²) < 4.78 is 6.22. The number of carbonyl (C=O) groups excluding carboxylic acids is 5. The lowest BCUT2D eigenvalue weighted by molar-refractivity contribution is -0.131. The number of rotatable bonds is 13. The first-order valence-corrected chi connectivity index (χ1v) is 22.7. The molecule has 6 aliphatic rings. The molecule has 8 rings (SSSR count). The van der Waals surface area contributed by atoms with E-state index < -0.39 is 0 Å². The second kappa shape index (κ2) is 18.9. The molecule has 2 aromatic carbocycles. The maximum Gasteiger partial charge on any atom is 0.250 e. The zero-order valence-electron chi connectivity index (χ0n) is 37.6. The van der Waals surface area contributed by atoms with Crippen LogP contribution in [0.5, 0.6) is 0 Å². The van der Waals surface area contributed by atoms with Gasteiger partial charge in [0.1, 0.15) is 11.4 Å². The van der Waals surface area contributed by atoms with Gasteiger partial charge < -0.3 is 35.0 Å². The molecule has 0 saturated carbocycles. The van der Waals surface area contributed by atoms with Crippen molar-refractivity contribution < 1.29 is 28.7 Å². The number of likely N-dealkylation sites (tertiary alicyclic amines) is 3. The van der Waals surface area contributed by atoms with Crippen LogP contribution in [-0.2, 0) is 41.6 Å². The molecule has 0 spiro atoms. The van der Waals surface area contributed by atoms with Crippen molar-refractivity contribution in [3.8, 4) is 0 Å². The van der Waals surface area contributed by atoms with Crippen molar-refractivity contribution in [2.45, 2.75) is 135 Å². The van der Waals surface area contributed by atoms with Crippen molar-refractivity contribution in [1.29, 1.82) is 0 Å². The van der Waals surface area contributed by atoms with Gasteiger partial charge in [-0.25, -0.2) is 0 Å². The number of nitrogens with zero attached hydrogens (tertiary/aromatic N) is 4. The van der Waals surface area contributed by atoms with Crippen molar-refractivity contribution in [2.75, 3.05) is 26.2 Å². The fourth-order valence-corrected chi connectivity index (χ4v) is 10.1. The van der Waals surface area contributed by atoms with E-state index in [1.807, 2.05) is 67.0 Å². The predicted molar refractivity (Wildman–Crippen MR) is 239 cm³/mol. The monoisotopic (exact) mass is 847 g/mol. The van der Waals surface area contributed by atoms with Gasteiger partial charge in [0.05, 0.1) is 42.7 Å². The summed E-state index contributed by atoms with van der Waals surface area (Å²) in [7, 11) is 0. The highest BCUT2D eigenvalue weighted by molar-refractivity contribution is 6.07. The zero-order chi connectivity index (χ0) is 44.3. The van der Waals surface area contributed by atoms with Gasteiger partial charge in [-0.15, -0.1) is 0 Å². The van der Waals surface area contributed by atoms with Gasteiger partial charge >= 0.3 is 0 Å². The Hall–Kier alpha value is -5.39. The third kappa shape index (κ3) is 10.6. The van der Waals surface area contributed by atoms with Gasteiger partial charge in [-0.1, -0.05) is 88.4 Å². The van der Waals surface area contributed by atoms with E-state index in [2.05, 4.69) is 72.4 Å². The Kier molecular flexibility index (Phi) is 13.6. The van der Waals surface area contributed by atoms with E-state index in [0.29, 0.717) is 18.4 Å². The van der Waals surface area contributed by atoms with Gasteiger partial charge in [0.25, 0.3) is 5.91 Å². The van der Waals surface area contributed by atoms with Gasteiger partial charge in [-0.2, -0.15) is 0 Å². The van der Waals surface area contributed by atoms with E-state index in [4.69, 9.17) is 4.74 Å². The minimum atomic E-state index is -0.343. The number of hydrogen-bond donors (Lipinski definition) is 2. The fraction of sp³-hybridized carbons (Fsp3) is 0.540. The predicted octanol–water partition coefficient (Wildman–Crippen LogP) is 5.54. The number of carbonyl (C=O) groups is 5. The molecule has 0 aromatic heterocycles. The van der Waals surface area contributed by atoms with Gasteiger partial charge in [-0.3, -0.25) is 24.0 Å². The Balaban J connectivity index is 0.000000188. The van der Waals surface area contributed by atoms with Crippen LogP contribution in [-0.4, -0.2) is 117 Å². The van der Waals surface area contributed by atoms with Crippen molar-refractivity contribution in [3.05, 3.63) is 107 Å². The minimum absolute atomic E-state index is 0.0286. The topological polar surface area (TPSA) is 132 Å². The van der Waals surface area contributed by atoms with Crippen LogP contribution < -0.4 is 10.6 Å². The summed E-state index contributed by atoms with van der Waals surface area (Å²) in [6.07, 6.45) is 9.99. The molecule has 12 heteroatoms. The van der Waals surface area contributed by atoms with E-state index in [9.17, 15) is 24.0 Å². The average Bonchev–Trinajstić information content (AvgIpc) is 4.06. The molecule has 332 valence electrons. The fourth-order valence-electron chi connectivity index (χ4n) is 10.1. The standard InChI is InChI=1S/C27H37N3O3.C23H29N3O3/c1-18(2)13-23-24(33-27(3,4)5)16-26(32)30(23)20-11-12-29(17-20)22-15-25(31)28-21(22)14-19-9-7-6-8-10-19;1-15(2)10-20-21(27)13-23(29)26(20)17-8-9-25(14-17)19-12-22(28)24-18(19)11-16-6-4-3-5-7-16/h6-10,15-16,18,20-21,23H,11-14,17H2,1-5H3,(H,28,31);3-7,12,15,17-18,20H,8-11,13-14H2,1-2H3,(H,24,28)/t20?,21-,23-;17?,18-,20-/m00/s1. The van der Waals surface area contributed by atoms with Crippen molar-refractivity contribution >= 4 is 29.4 Å². The highest BCUT2D eigenvalue weighted by Gasteiger charge is 2.46. The third-order valence-corrected chi connectivity index (χ3v) is 12.6. The lowest BCUT2D eigenvalue weighted by Gasteiger charge is -2.35. The van der Waals surface area contributed by atoms with Crippen molar-refractivity contribution in [2.24, 2.45) is 11.8 Å². The Bertz CT molecular complexity index is 2070. The summed E-state index contributed by atoms with van der Waals surface area (Å²) in [4.78, 5) is 70.8. The molecule has 2 aromatic rings. The summed E-state index contributed by atoms with van der Waals surface area (Å²) >= 11 is 0. The summed E-state index contributed by atoms with van der Waals surface area (Å²) in [5.41, 5.74) is 4.08. The number of ether oxygens (including phenoxy) is 1.